The number of halogens is 1. The van der Waals surface area contributed by atoms with Gasteiger partial charge in [0.1, 0.15) is 5.82 Å². The van der Waals surface area contributed by atoms with Crippen LogP contribution in [0.15, 0.2) is 29.4 Å². The predicted molar refractivity (Wildman–Crippen MR) is 66.3 cm³/mol. The molecule has 0 unspecified atom stereocenters. The van der Waals surface area contributed by atoms with E-state index in [-0.39, 0.29) is 11.7 Å². The van der Waals surface area contributed by atoms with Gasteiger partial charge in [-0.05, 0) is 12.5 Å². The minimum absolute atomic E-state index is 0.133. The molecule has 0 heterocycles. The molecular weight excluding hydrogens is 219 g/mol. The molecule has 1 aromatic rings. The number of hydrazone groups is 1. The quantitative estimate of drug-likeness (QED) is 0.460. The van der Waals surface area contributed by atoms with Crippen LogP contribution in [0, 0.1) is 5.82 Å². The third kappa shape index (κ3) is 5.24. The molecule has 92 valence electrons. The molecule has 0 saturated heterocycles. The summed E-state index contributed by atoms with van der Waals surface area (Å²) in [5, 5.41) is 3.72. The first-order chi connectivity index (χ1) is 8.24. The van der Waals surface area contributed by atoms with Gasteiger partial charge < -0.3 is 0 Å². The first kappa shape index (κ1) is 13.4. The highest BCUT2D eigenvalue weighted by Crippen LogP contribution is 2.02. The van der Waals surface area contributed by atoms with Gasteiger partial charge in [-0.15, -0.1) is 0 Å². The highest BCUT2D eigenvalue weighted by Gasteiger charge is 1.99. The molecule has 3 nitrogen and oxygen atoms in total. The van der Waals surface area contributed by atoms with E-state index in [4.69, 9.17) is 0 Å². The standard InChI is InChI=1S/C13H17FN2O/c1-2-3-4-9-13(17)16-15-10-11-7-5-6-8-12(11)14/h5-8,10H,2-4,9H2,1H3,(H,16,17)/b15-10+. The fourth-order valence-electron chi connectivity index (χ4n) is 1.35. The summed E-state index contributed by atoms with van der Waals surface area (Å²) in [6, 6.07) is 6.27. The Kier molecular flexibility index (Phi) is 5.93. The Morgan fingerprint density at radius 3 is 2.88 bits per heavy atom. The maximum Gasteiger partial charge on any atom is 0.240 e. The highest BCUT2D eigenvalue weighted by molar-refractivity contribution is 5.82. The number of hydrogen-bond acceptors (Lipinski definition) is 2. The first-order valence-corrected chi connectivity index (χ1v) is 5.80. The predicted octanol–water partition coefficient (Wildman–Crippen LogP) is 2.86. The summed E-state index contributed by atoms with van der Waals surface area (Å²) < 4.78 is 13.2. The van der Waals surface area contributed by atoms with Gasteiger partial charge in [-0.25, -0.2) is 9.82 Å². The molecule has 0 atom stereocenters. The van der Waals surface area contributed by atoms with Gasteiger partial charge in [0.25, 0.3) is 0 Å². The second-order valence-corrected chi connectivity index (χ2v) is 3.77. The summed E-state index contributed by atoms with van der Waals surface area (Å²) in [5.74, 6) is -0.484. The van der Waals surface area contributed by atoms with Crippen molar-refractivity contribution in [1.82, 2.24) is 5.43 Å². The van der Waals surface area contributed by atoms with Crippen LogP contribution in [0.4, 0.5) is 4.39 Å². The largest absolute Gasteiger partial charge is 0.273 e. The van der Waals surface area contributed by atoms with Crippen molar-refractivity contribution in [2.24, 2.45) is 5.10 Å². The Morgan fingerprint density at radius 1 is 1.41 bits per heavy atom. The summed E-state index contributed by atoms with van der Waals surface area (Å²) in [5.41, 5.74) is 2.74. The molecule has 4 heteroatoms. The van der Waals surface area contributed by atoms with Gasteiger partial charge in [-0.2, -0.15) is 5.10 Å². The van der Waals surface area contributed by atoms with Crippen molar-refractivity contribution >= 4 is 12.1 Å². The minimum Gasteiger partial charge on any atom is -0.273 e. The van der Waals surface area contributed by atoms with E-state index in [0.29, 0.717) is 12.0 Å². The number of unbranched alkanes of at least 4 members (excludes halogenated alkanes) is 2. The van der Waals surface area contributed by atoms with Crippen LogP contribution in [-0.4, -0.2) is 12.1 Å². The van der Waals surface area contributed by atoms with E-state index >= 15 is 0 Å². The van der Waals surface area contributed by atoms with E-state index in [2.05, 4.69) is 17.5 Å². The molecule has 1 aromatic carbocycles. The monoisotopic (exact) mass is 236 g/mol. The van der Waals surface area contributed by atoms with Crippen LogP contribution in [0.3, 0.4) is 0 Å². The van der Waals surface area contributed by atoms with Crippen LogP contribution < -0.4 is 5.43 Å². The van der Waals surface area contributed by atoms with E-state index in [1.54, 1.807) is 18.2 Å². The maximum atomic E-state index is 13.2. The third-order valence-corrected chi connectivity index (χ3v) is 2.31. The lowest BCUT2D eigenvalue weighted by atomic mass is 10.2. The number of carbonyl (C=O) groups is 1. The summed E-state index contributed by atoms with van der Waals surface area (Å²) in [4.78, 5) is 11.3. The Hall–Kier alpha value is -1.71. The molecule has 0 aliphatic rings. The fraction of sp³-hybridized carbons (Fsp3) is 0.385. The van der Waals surface area contributed by atoms with Crippen LogP contribution >= 0.6 is 0 Å². The second kappa shape index (κ2) is 7.54. The van der Waals surface area contributed by atoms with Gasteiger partial charge in [-0.3, -0.25) is 4.79 Å². The molecule has 1 N–H and O–H groups in total. The van der Waals surface area contributed by atoms with Crippen LogP contribution in [0.25, 0.3) is 0 Å². The first-order valence-electron chi connectivity index (χ1n) is 5.80. The average molecular weight is 236 g/mol. The molecule has 0 aliphatic heterocycles. The molecule has 0 aromatic heterocycles. The number of benzene rings is 1. The molecule has 1 amide bonds. The molecule has 0 fully saturated rings. The minimum atomic E-state index is -0.350. The fourth-order valence-corrected chi connectivity index (χ4v) is 1.35. The van der Waals surface area contributed by atoms with Crippen LogP contribution in [0.5, 0.6) is 0 Å². The average Bonchev–Trinajstić information content (AvgIpc) is 2.32. The van der Waals surface area contributed by atoms with Crippen LogP contribution in [0.1, 0.15) is 38.2 Å². The highest BCUT2D eigenvalue weighted by atomic mass is 19.1. The Labute approximate surface area is 101 Å². The van der Waals surface area contributed by atoms with Gasteiger partial charge in [0.15, 0.2) is 0 Å². The van der Waals surface area contributed by atoms with E-state index in [0.717, 1.165) is 19.3 Å². The van der Waals surface area contributed by atoms with Crippen molar-refractivity contribution in [2.75, 3.05) is 0 Å². The van der Waals surface area contributed by atoms with Crippen molar-refractivity contribution in [3.63, 3.8) is 0 Å². The Morgan fingerprint density at radius 2 is 2.18 bits per heavy atom. The maximum absolute atomic E-state index is 13.2. The lowest BCUT2D eigenvalue weighted by molar-refractivity contribution is -0.121. The molecule has 0 saturated carbocycles. The topological polar surface area (TPSA) is 41.5 Å². The molecule has 17 heavy (non-hydrogen) atoms. The van der Waals surface area contributed by atoms with Gasteiger partial charge in [0.05, 0.1) is 6.21 Å². The zero-order chi connectivity index (χ0) is 12.5. The Balaban J connectivity index is 2.35. The molecule has 1 rings (SSSR count). The van der Waals surface area contributed by atoms with Gasteiger partial charge in [0, 0.05) is 12.0 Å². The molecule has 0 radical (unpaired) electrons. The van der Waals surface area contributed by atoms with E-state index in [1.807, 2.05) is 0 Å². The Bertz CT molecular complexity index is 391. The van der Waals surface area contributed by atoms with E-state index < -0.39 is 0 Å². The van der Waals surface area contributed by atoms with Crippen molar-refractivity contribution in [3.05, 3.63) is 35.6 Å². The molecule has 0 bridgehead atoms. The van der Waals surface area contributed by atoms with Crippen molar-refractivity contribution < 1.29 is 9.18 Å². The molecule has 0 spiro atoms. The van der Waals surface area contributed by atoms with Crippen molar-refractivity contribution in [2.45, 2.75) is 32.6 Å². The van der Waals surface area contributed by atoms with Crippen LogP contribution in [-0.2, 0) is 4.79 Å². The third-order valence-electron chi connectivity index (χ3n) is 2.31. The molecular formula is C13H17FN2O. The van der Waals surface area contributed by atoms with Crippen molar-refractivity contribution in [1.29, 1.82) is 0 Å². The number of nitrogens with zero attached hydrogens (tertiary/aromatic N) is 1. The van der Waals surface area contributed by atoms with Gasteiger partial charge in [-0.1, -0.05) is 38.0 Å². The van der Waals surface area contributed by atoms with E-state index in [1.165, 1.54) is 12.3 Å². The zero-order valence-electron chi connectivity index (χ0n) is 9.95. The number of carbonyl (C=O) groups excluding carboxylic acids is 1. The van der Waals surface area contributed by atoms with Gasteiger partial charge in [0.2, 0.25) is 5.91 Å². The zero-order valence-corrected chi connectivity index (χ0v) is 9.95. The summed E-state index contributed by atoms with van der Waals surface area (Å²) in [6.45, 7) is 2.08. The summed E-state index contributed by atoms with van der Waals surface area (Å²) >= 11 is 0. The number of nitrogens with one attached hydrogen (secondary N) is 1. The van der Waals surface area contributed by atoms with E-state index in [9.17, 15) is 9.18 Å². The lowest BCUT2D eigenvalue weighted by Gasteiger charge is -1.99. The summed E-state index contributed by atoms with van der Waals surface area (Å²) in [6.07, 6.45) is 4.74. The number of amides is 1. The summed E-state index contributed by atoms with van der Waals surface area (Å²) in [7, 11) is 0. The lowest BCUT2D eigenvalue weighted by Crippen LogP contribution is -2.16. The number of rotatable bonds is 6. The second-order valence-electron chi connectivity index (χ2n) is 3.77. The van der Waals surface area contributed by atoms with Gasteiger partial charge >= 0.3 is 0 Å². The van der Waals surface area contributed by atoms with Crippen LogP contribution in [0.2, 0.25) is 0 Å². The SMILES string of the molecule is CCCCCC(=O)N/N=C/c1ccccc1F. The molecule has 0 aliphatic carbocycles. The smallest absolute Gasteiger partial charge is 0.240 e. The normalized spacial score (nSPS) is 10.7. The van der Waals surface area contributed by atoms with Crippen molar-refractivity contribution in [3.8, 4) is 0 Å². The number of hydrogen-bond donors (Lipinski definition) is 1.